The van der Waals surface area contributed by atoms with Crippen LogP contribution in [0.3, 0.4) is 0 Å². The van der Waals surface area contributed by atoms with E-state index in [-0.39, 0.29) is 23.0 Å². The van der Waals surface area contributed by atoms with Crippen molar-refractivity contribution in [2.45, 2.75) is 78.6 Å². The molecule has 0 unspecified atom stereocenters. The highest BCUT2D eigenvalue weighted by Crippen LogP contribution is 2.56. The molecule has 15 aromatic carbocycles. The van der Waals surface area contributed by atoms with E-state index in [1.807, 2.05) is 0 Å². The van der Waals surface area contributed by atoms with Crippen molar-refractivity contribution in [1.82, 2.24) is 9.13 Å². The smallest absolute Gasteiger partial charge is 0.252 e. The minimum atomic E-state index is -0.332. The lowest BCUT2D eigenvalue weighted by molar-refractivity contribution is 0.590. The molecule has 5 heteroatoms. The molecular weight excluding hydrogens is 1240 g/mol. The molecule has 19 rings (SSSR count). The fourth-order valence-electron chi connectivity index (χ4n) is 17.0. The quantitative estimate of drug-likeness (QED) is 0.141. The molecule has 0 atom stereocenters. The van der Waals surface area contributed by atoms with Crippen LogP contribution >= 0.6 is 0 Å². The number of hydrogen-bond donors (Lipinski definition) is 0. The zero-order valence-electron chi connectivity index (χ0n) is 59.9. The Balaban J connectivity index is 1.00. The van der Waals surface area contributed by atoms with E-state index in [1.54, 1.807) is 0 Å². The van der Waals surface area contributed by atoms with Crippen LogP contribution in [0, 0.1) is 0 Å². The van der Waals surface area contributed by atoms with E-state index in [2.05, 4.69) is 397 Å². The molecule has 4 heterocycles. The number of para-hydroxylation sites is 2. The van der Waals surface area contributed by atoms with E-state index in [0.29, 0.717) is 0 Å². The van der Waals surface area contributed by atoms with Gasteiger partial charge in [-0.1, -0.05) is 281 Å². The van der Waals surface area contributed by atoms with Gasteiger partial charge in [0, 0.05) is 77.9 Å². The molecule has 103 heavy (non-hydrogen) atoms. The molecule has 17 aromatic rings. The van der Waals surface area contributed by atoms with Crippen molar-refractivity contribution in [1.29, 1.82) is 0 Å². The maximum Gasteiger partial charge on any atom is 0.252 e. The van der Waals surface area contributed by atoms with Crippen molar-refractivity contribution in [3.63, 3.8) is 0 Å². The number of nitrogens with zero attached hydrogens (tertiary/aromatic N) is 4. The second-order valence-corrected chi connectivity index (χ2v) is 31.7. The SMILES string of the molecule is CC(C)(C)c1cc(-c2ccccc2)c(N2c3cc(-n4c5ccccc5c5cc6ccccc6cc54)ccc3B3c4ccc(-n5c6ccccc6c6cc7ccccc7cc65)cc4N(c4c(-c5ccccc5)cc(C(C)(C)C)cc4-c4ccccc4)c4cc(C(C)(C)C)cc2c43)c(-c2ccccc2)c1. The maximum atomic E-state index is 2.74. The number of benzene rings is 15. The Labute approximate surface area is 604 Å². The molecule has 2 aromatic heterocycles. The van der Waals surface area contributed by atoms with Gasteiger partial charge in [0.2, 0.25) is 0 Å². The van der Waals surface area contributed by atoms with Crippen molar-refractivity contribution < 1.29 is 0 Å². The summed E-state index contributed by atoms with van der Waals surface area (Å²) in [5.41, 5.74) is 29.9. The summed E-state index contributed by atoms with van der Waals surface area (Å²) in [7, 11) is 0. The Bertz CT molecular complexity index is 5800. The van der Waals surface area contributed by atoms with Crippen LogP contribution in [0.1, 0.15) is 79.0 Å². The Morgan fingerprint density at radius 2 is 0.544 bits per heavy atom. The zero-order valence-corrected chi connectivity index (χ0v) is 59.9. The van der Waals surface area contributed by atoms with Crippen LogP contribution in [0.15, 0.2) is 315 Å². The normalized spacial score (nSPS) is 13.0. The highest BCUT2D eigenvalue weighted by atomic mass is 15.2. The summed E-state index contributed by atoms with van der Waals surface area (Å²) >= 11 is 0. The average Bonchev–Trinajstić information content (AvgIpc) is 0.735. The summed E-state index contributed by atoms with van der Waals surface area (Å²) in [6.07, 6.45) is 0. The molecule has 494 valence electrons. The molecule has 0 saturated heterocycles. The van der Waals surface area contributed by atoms with Gasteiger partial charge < -0.3 is 18.9 Å². The van der Waals surface area contributed by atoms with E-state index >= 15 is 0 Å². The summed E-state index contributed by atoms with van der Waals surface area (Å²) in [5, 5.41) is 9.81. The number of aromatic nitrogens is 2. The third-order valence-corrected chi connectivity index (χ3v) is 22.2. The molecule has 0 fully saturated rings. The first-order chi connectivity index (χ1) is 50.0. The Kier molecular flexibility index (Phi) is 14.1. The maximum absolute atomic E-state index is 2.74. The van der Waals surface area contributed by atoms with Gasteiger partial charge in [-0.3, -0.25) is 0 Å². The van der Waals surface area contributed by atoms with Gasteiger partial charge in [0.1, 0.15) is 0 Å². The molecule has 0 amide bonds. The lowest BCUT2D eigenvalue weighted by atomic mass is 9.33. The molecular formula is C98H79BN4. The van der Waals surface area contributed by atoms with E-state index in [4.69, 9.17) is 0 Å². The van der Waals surface area contributed by atoms with Crippen LogP contribution in [0.4, 0.5) is 34.1 Å². The zero-order chi connectivity index (χ0) is 69.8. The van der Waals surface area contributed by atoms with Gasteiger partial charge in [-0.2, -0.15) is 0 Å². The van der Waals surface area contributed by atoms with E-state index < -0.39 is 0 Å². The van der Waals surface area contributed by atoms with Crippen LogP contribution in [0.2, 0.25) is 0 Å². The number of fused-ring (bicyclic) bond motifs is 12. The fraction of sp³-hybridized carbons (Fsp3) is 0.122. The summed E-state index contributed by atoms with van der Waals surface area (Å²) in [6.45, 7) is 21.1. The Morgan fingerprint density at radius 1 is 0.243 bits per heavy atom. The van der Waals surface area contributed by atoms with Crippen molar-refractivity contribution >= 4 is 122 Å². The van der Waals surface area contributed by atoms with E-state index in [0.717, 1.165) is 67.8 Å². The predicted molar refractivity (Wildman–Crippen MR) is 442 cm³/mol. The van der Waals surface area contributed by atoms with Gasteiger partial charge in [0.25, 0.3) is 6.71 Å². The largest absolute Gasteiger partial charge is 0.310 e. The molecule has 2 aliphatic heterocycles. The first-order valence-electron chi connectivity index (χ1n) is 36.5. The number of anilines is 6. The second-order valence-electron chi connectivity index (χ2n) is 31.7. The fourth-order valence-corrected chi connectivity index (χ4v) is 17.0. The van der Waals surface area contributed by atoms with Crippen molar-refractivity contribution in [3.8, 4) is 55.9 Å². The van der Waals surface area contributed by atoms with E-state index in [1.165, 1.54) is 120 Å². The van der Waals surface area contributed by atoms with Gasteiger partial charge in [-0.15, -0.1) is 0 Å². The number of rotatable bonds is 8. The molecule has 4 nitrogen and oxygen atoms in total. The van der Waals surface area contributed by atoms with Crippen LogP contribution in [0.5, 0.6) is 0 Å². The van der Waals surface area contributed by atoms with Gasteiger partial charge in [-0.05, 0) is 190 Å². The average molecular weight is 1320 g/mol. The Hall–Kier alpha value is -11.9. The molecule has 0 N–H and O–H groups in total. The lowest BCUT2D eigenvalue weighted by Crippen LogP contribution is -2.61. The van der Waals surface area contributed by atoms with Gasteiger partial charge in [0.15, 0.2) is 0 Å². The molecule has 0 bridgehead atoms. The summed E-state index contributed by atoms with van der Waals surface area (Å²) in [5.74, 6) is 0. The topological polar surface area (TPSA) is 16.3 Å². The molecule has 0 spiro atoms. The van der Waals surface area contributed by atoms with Crippen molar-refractivity contribution in [2.24, 2.45) is 0 Å². The standard InChI is InChI=1S/C98H79BN4/c1-96(2,3)70-54-77(62-30-14-10-15-31-62)94(78(55-70)63-32-16-11-17-33-63)102-89-60-73(100-85-44-28-26-42-75(85)81-50-66-38-22-24-40-68(66)52-87(81)100)46-48-83(89)99-84-49-47-74(101-86-45-29-27-43-76(86)82-51-67-39-23-25-41-69(67)53-88(82)101)61-90(84)103(92-59-72(98(7,8)9)58-91(102)93(92)99)95-79(64-34-18-12-19-35-64)56-71(97(4,5)6)57-80(95)65-36-20-13-21-37-65/h10-61H,1-9H3. The van der Waals surface area contributed by atoms with Crippen molar-refractivity contribution in [3.05, 3.63) is 332 Å². The molecule has 0 saturated carbocycles. The van der Waals surface area contributed by atoms with Crippen LogP contribution in [-0.2, 0) is 16.2 Å². The van der Waals surface area contributed by atoms with Gasteiger partial charge in [-0.25, -0.2) is 0 Å². The summed E-state index contributed by atoms with van der Waals surface area (Å²) < 4.78 is 5.08. The highest BCUT2D eigenvalue weighted by molar-refractivity contribution is 7.00. The monoisotopic (exact) mass is 1320 g/mol. The Morgan fingerprint density at radius 3 is 0.883 bits per heavy atom. The second kappa shape index (κ2) is 23.3. The van der Waals surface area contributed by atoms with Crippen LogP contribution in [0.25, 0.3) is 121 Å². The predicted octanol–water partition coefficient (Wildman–Crippen LogP) is 24.8. The van der Waals surface area contributed by atoms with E-state index in [9.17, 15) is 0 Å². The van der Waals surface area contributed by atoms with Gasteiger partial charge in [0.05, 0.1) is 33.4 Å². The van der Waals surface area contributed by atoms with Crippen LogP contribution < -0.4 is 26.2 Å². The summed E-state index contributed by atoms with van der Waals surface area (Å²) in [6, 6.07) is 120. The number of hydrogen-bond acceptors (Lipinski definition) is 2. The van der Waals surface area contributed by atoms with Crippen molar-refractivity contribution in [2.75, 3.05) is 9.80 Å². The first kappa shape index (κ1) is 62.1. The third-order valence-electron chi connectivity index (χ3n) is 22.2. The third kappa shape index (κ3) is 10.0. The molecule has 0 radical (unpaired) electrons. The summed E-state index contributed by atoms with van der Waals surface area (Å²) in [4.78, 5) is 5.48. The molecule has 2 aliphatic rings. The highest BCUT2D eigenvalue weighted by Gasteiger charge is 2.47. The first-order valence-corrected chi connectivity index (χ1v) is 36.5. The molecule has 0 aliphatic carbocycles. The minimum Gasteiger partial charge on any atom is -0.310 e. The lowest BCUT2D eigenvalue weighted by Gasteiger charge is -2.47. The van der Waals surface area contributed by atoms with Crippen LogP contribution in [-0.4, -0.2) is 15.8 Å². The van der Waals surface area contributed by atoms with Gasteiger partial charge >= 0.3 is 0 Å². The minimum absolute atomic E-state index is 0.193.